The minimum absolute atomic E-state index is 0.0437. The van der Waals surface area contributed by atoms with E-state index in [0.29, 0.717) is 24.7 Å². The molecule has 1 aliphatic heterocycles. The van der Waals surface area contributed by atoms with Gasteiger partial charge in [0.05, 0.1) is 30.4 Å². The molecule has 152 valence electrons. The normalized spacial score (nSPS) is 18.3. The van der Waals surface area contributed by atoms with Crippen LogP contribution < -0.4 is 0 Å². The number of hydrogen-bond acceptors (Lipinski definition) is 7. The fourth-order valence-corrected chi connectivity index (χ4v) is 5.76. The van der Waals surface area contributed by atoms with Crippen LogP contribution in [0.1, 0.15) is 6.42 Å². The van der Waals surface area contributed by atoms with Crippen molar-refractivity contribution in [2.45, 2.75) is 24.2 Å². The lowest BCUT2D eigenvalue weighted by Crippen LogP contribution is -2.38. The summed E-state index contributed by atoms with van der Waals surface area (Å²) in [6, 6.07) is 9.48. The summed E-state index contributed by atoms with van der Waals surface area (Å²) >= 11 is 1.30. The second-order valence-electron chi connectivity index (χ2n) is 6.67. The standard InChI is InChI=1S/C18H24N4O4S2/c1-21(15-8-11-28(24,25)13-15)16(23)12-27-18-20-19-17(22(18)9-10-26-2)14-6-4-3-5-7-14/h3-7,15H,8-13H2,1-2H3. The summed E-state index contributed by atoms with van der Waals surface area (Å²) in [6.45, 7) is 1.07. The molecule has 3 rings (SSSR count). The summed E-state index contributed by atoms with van der Waals surface area (Å²) in [5, 5.41) is 9.18. The van der Waals surface area contributed by atoms with E-state index in [1.165, 1.54) is 11.8 Å². The molecule has 0 N–H and O–H groups in total. The Bertz CT molecular complexity index is 915. The summed E-state index contributed by atoms with van der Waals surface area (Å²) in [4.78, 5) is 14.1. The van der Waals surface area contributed by atoms with E-state index >= 15 is 0 Å². The van der Waals surface area contributed by atoms with Crippen LogP contribution in [0.2, 0.25) is 0 Å². The molecule has 1 unspecified atom stereocenters. The highest BCUT2D eigenvalue weighted by molar-refractivity contribution is 7.99. The van der Waals surface area contributed by atoms with Crippen molar-refractivity contribution in [3.63, 3.8) is 0 Å². The molecule has 1 aromatic heterocycles. The van der Waals surface area contributed by atoms with Gasteiger partial charge >= 0.3 is 0 Å². The van der Waals surface area contributed by atoms with Crippen molar-refractivity contribution in [3.8, 4) is 11.4 Å². The van der Waals surface area contributed by atoms with Crippen molar-refractivity contribution < 1.29 is 17.9 Å². The second-order valence-corrected chi connectivity index (χ2v) is 9.84. The van der Waals surface area contributed by atoms with Gasteiger partial charge < -0.3 is 9.64 Å². The van der Waals surface area contributed by atoms with Gasteiger partial charge in [-0.25, -0.2) is 8.42 Å². The maximum Gasteiger partial charge on any atom is 0.233 e. The molecule has 1 aromatic carbocycles. The Labute approximate surface area is 169 Å². The van der Waals surface area contributed by atoms with Gasteiger partial charge in [-0.15, -0.1) is 10.2 Å². The summed E-state index contributed by atoms with van der Waals surface area (Å²) in [6.07, 6.45) is 0.497. The first-order valence-electron chi connectivity index (χ1n) is 8.97. The number of thioether (sulfide) groups is 1. The molecule has 1 saturated heterocycles. The number of nitrogens with zero attached hydrogens (tertiary/aromatic N) is 4. The van der Waals surface area contributed by atoms with Crippen molar-refractivity contribution in [2.24, 2.45) is 0 Å². The SMILES string of the molecule is COCCn1c(SCC(=O)N(C)C2CCS(=O)(=O)C2)nnc1-c1ccccc1. The van der Waals surface area contributed by atoms with Gasteiger partial charge in [0.15, 0.2) is 20.8 Å². The van der Waals surface area contributed by atoms with Crippen LogP contribution in [-0.4, -0.2) is 78.1 Å². The Kier molecular flexibility index (Phi) is 6.73. The van der Waals surface area contributed by atoms with Crippen LogP contribution in [0.3, 0.4) is 0 Å². The predicted octanol–water partition coefficient (Wildman–Crippen LogP) is 1.33. The van der Waals surface area contributed by atoms with Crippen LogP contribution >= 0.6 is 11.8 Å². The third-order valence-corrected chi connectivity index (χ3v) is 7.44. The number of aromatic nitrogens is 3. The van der Waals surface area contributed by atoms with E-state index in [0.717, 1.165) is 11.4 Å². The summed E-state index contributed by atoms with van der Waals surface area (Å²) < 4.78 is 30.4. The number of amides is 1. The highest BCUT2D eigenvalue weighted by atomic mass is 32.2. The van der Waals surface area contributed by atoms with E-state index in [9.17, 15) is 13.2 Å². The maximum absolute atomic E-state index is 12.5. The molecular formula is C18H24N4O4S2. The predicted molar refractivity (Wildman–Crippen MR) is 108 cm³/mol. The average molecular weight is 425 g/mol. The van der Waals surface area contributed by atoms with Crippen molar-refractivity contribution in [3.05, 3.63) is 30.3 Å². The zero-order chi connectivity index (χ0) is 20.1. The number of hydrogen-bond donors (Lipinski definition) is 0. The molecular weight excluding hydrogens is 400 g/mol. The molecule has 0 radical (unpaired) electrons. The second kappa shape index (κ2) is 9.06. The maximum atomic E-state index is 12.5. The monoisotopic (exact) mass is 424 g/mol. The Balaban J connectivity index is 1.70. The van der Waals surface area contributed by atoms with E-state index in [4.69, 9.17) is 4.74 Å². The molecule has 2 aromatic rings. The molecule has 0 aliphatic carbocycles. The van der Waals surface area contributed by atoms with Gasteiger partial charge in [-0.05, 0) is 6.42 Å². The third kappa shape index (κ3) is 4.92. The van der Waals surface area contributed by atoms with E-state index in [2.05, 4.69) is 10.2 Å². The topological polar surface area (TPSA) is 94.4 Å². The number of sulfone groups is 1. The minimum atomic E-state index is -3.03. The summed E-state index contributed by atoms with van der Waals surface area (Å²) in [7, 11) is 0.272. The number of carbonyl (C=O) groups is 1. The summed E-state index contributed by atoms with van der Waals surface area (Å²) in [5.41, 5.74) is 0.942. The first-order chi connectivity index (χ1) is 13.4. The van der Waals surface area contributed by atoms with Gasteiger partial charge in [-0.2, -0.15) is 0 Å². The highest BCUT2D eigenvalue weighted by Gasteiger charge is 2.32. The average Bonchev–Trinajstić information content (AvgIpc) is 3.27. The fourth-order valence-electron chi connectivity index (χ4n) is 3.09. The van der Waals surface area contributed by atoms with E-state index < -0.39 is 9.84 Å². The molecule has 0 bridgehead atoms. The molecule has 0 saturated carbocycles. The third-order valence-electron chi connectivity index (χ3n) is 4.74. The zero-order valence-electron chi connectivity index (χ0n) is 15.9. The van der Waals surface area contributed by atoms with Gasteiger partial charge in [0, 0.05) is 25.8 Å². The molecule has 1 amide bonds. The van der Waals surface area contributed by atoms with Gasteiger partial charge in [0.1, 0.15) is 0 Å². The van der Waals surface area contributed by atoms with Gasteiger partial charge in [-0.3, -0.25) is 9.36 Å². The van der Waals surface area contributed by atoms with Crippen LogP contribution in [0.25, 0.3) is 11.4 Å². The number of carbonyl (C=O) groups excluding carboxylic acids is 1. The number of rotatable bonds is 8. The first kappa shape index (κ1) is 20.8. The zero-order valence-corrected chi connectivity index (χ0v) is 17.6. The van der Waals surface area contributed by atoms with E-state index in [1.54, 1.807) is 19.1 Å². The van der Waals surface area contributed by atoms with Gasteiger partial charge in [-0.1, -0.05) is 42.1 Å². The van der Waals surface area contributed by atoms with E-state index in [1.807, 2.05) is 34.9 Å². The fraction of sp³-hybridized carbons (Fsp3) is 0.500. The van der Waals surface area contributed by atoms with Crippen LogP contribution in [0, 0.1) is 0 Å². The molecule has 1 aliphatic rings. The lowest BCUT2D eigenvalue weighted by atomic mass is 10.2. The number of methoxy groups -OCH3 is 1. The Morgan fingerprint density at radius 3 is 2.71 bits per heavy atom. The van der Waals surface area contributed by atoms with Crippen molar-refractivity contribution in [1.82, 2.24) is 19.7 Å². The van der Waals surface area contributed by atoms with Crippen LogP contribution in [0.5, 0.6) is 0 Å². The van der Waals surface area contributed by atoms with Crippen molar-refractivity contribution in [1.29, 1.82) is 0 Å². The molecule has 28 heavy (non-hydrogen) atoms. The molecule has 8 nitrogen and oxygen atoms in total. The largest absolute Gasteiger partial charge is 0.383 e. The number of ether oxygens (including phenoxy) is 1. The molecule has 2 heterocycles. The number of benzene rings is 1. The Hall–Kier alpha value is -1.91. The van der Waals surface area contributed by atoms with Crippen molar-refractivity contribution >= 4 is 27.5 Å². The molecule has 0 spiro atoms. The van der Waals surface area contributed by atoms with Crippen LogP contribution in [-0.2, 0) is 25.9 Å². The van der Waals surface area contributed by atoms with E-state index in [-0.39, 0.29) is 29.2 Å². The van der Waals surface area contributed by atoms with Gasteiger partial charge in [0.2, 0.25) is 5.91 Å². The van der Waals surface area contributed by atoms with Crippen LogP contribution in [0.4, 0.5) is 0 Å². The molecule has 1 atom stereocenters. The molecule has 10 heteroatoms. The highest BCUT2D eigenvalue weighted by Crippen LogP contribution is 2.25. The van der Waals surface area contributed by atoms with Crippen LogP contribution in [0.15, 0.2) is 35.5 Å². The Morgan fingerprint density at radius 1 is 1.32 bits per heavy atom. The lowest BCUT2D eigenvalue weighted by Gasteiger charge is -2.23. The minimum Gasteiger partial charge on any atom is -0.383 e. The molecule has 1 fully saturated rings. The lowest BCUT2D eigenvalue weighted by molar-refractivity contribution is -0.128. The quantitative estimate of drug-likeness (QED) is 0.590. The summed E-state index contributed by atoms with van der Waals surface area (Å²) in [5.74, 6) is 0.973. The Morgan fingerprint density at radius 2 is 2.07 bits per heavy atom. The van der Waals surface area contributed by atoms with Gasteiger partial charge in [0.25, 0.3) is 0 Å². The first-order valence-corrected chi connectivity index (χ1v) is 11.8. The smallest absolute Gasteiger partial charge is 0.233 e. The van der Waals surface area contributed by atoms with Crippen molar-refractivity contribution in [2.75, 3.05) is 38.0 Å².